The van der Waals surface area contributed by atoms with Gasteiger partial charge in [-0.15, -0.1) is 11.3 Å². The van der Waals surface area contributed by atoms with Crippen molar-refractivity contribution < 1.29 is 14.6 Å². The first-order valence-electron chi connectivity index (χ1n) is 7.42. The lowest BCUT2D eigenvalue weighted by Gasteiger charge is -2.08. The van der Waals surface area contributed by atoms with E-state index in [4.69, 9.17) is 4.89 Å². The Balaban J connectivity index is 2.07. The lowest BCUT2D eigenvalue weighted by Crippen LogP contribution is -2.19. The van der Waals surface area contributed by atoms with Crippen LogP contribution in [0, 0.1) is 6.92 Å². The van der Waals surface area contributed by atoms with E-state index < -0.39 is 0 Å². The number of benzene rings is 1. The number of amides is 2. The molecule has 0 bridgehead atoms. The highest BCUT2D eigenvalue weighted by atomic mass is 32.1. The van der Waals surface area contributed by atoms with Gasteiger partial charge in [0, 0.05) is 16.1 Å². The van der Waals surface area contributed by atoms with Crippen LogP contribution in [0.5, 0.6) is 0 Å². The number of carbonyl (C=O) groups excluding carboxylic acids is 1. The molecule has 0 unspecified atom stereocenters. The topological polar surface area (TPSA) is 59.6 Å². The molecule has 1 aromatic carbocycles. The molecule has 124 valence electrons. The summed E-state index contributed by atoms with van der Waals surface area (Å²) in [6, 6.07) is 9.42. The molecule has 23 heavy (non-hydrogen) atoms. The summed E-state index contributed by atoms with van der Waals surface area (Å²) in [5.41, 5.74) is 2.80. The van der Waals surface area contributed by atoms with E-state index in [0.717, 1.165) is 21.8 Å². The average Bonchev–Trinajstić information content (AvgIpc) is 2.90. The second kappa shape index (κ2) is 8.10. The Bertz CT molecular complexity index is 650. The van der Waals surface area contributed by atoms with Gasteiger partial charge in [0.05, 0.1) is 7.11 Å². The second-order valence-corrected chi connectivity index (χ2v) is 6.62. The third kappa shape index (κ3) is 5.06. The van der Waals surface area contributed by atoms with Crippen molar-refractivity contribution in [3.8, 4) is 0 Å². The van der Waals surface area contributed by atoms with Crippen LogP contribution in [0.3, 0.4) is 0 Å². The Kier molecular flexibility index (Phi) is 6.15. The first-order valence-corrected chi connectivity index (χ1v) is 8.24. The molecular weight excluding hydrogens is 312 g/mol. The van der Waals surface area contributed by atoms with Crippen LogP contribution in [-0.4, -0.2) is 13.1 Å². The zero-order valence-electron chi connectivity index (χ0n) is 13.8. The van der Waals surface area contributed by atoms with Gasteiger partial charge in [-0.05, 0) is 31.0 Å². The fourth-order valence-corrected chi connectivity index (χ4v) is 3.04. The lowest BCUT2D eigenvalue weighted by molar-refractivity contribution is -0.282. The molecule has 0 radical (unpaired) electrons. The third-order valence-corrected chi connectivity index (χ3v) is 4.66. The predicted molar refractivity (Wildman–Crippen MR) is 94.0 cm³/mol. The van der Waals surface area contributed by atoms with E-state index in [2.05, 4.69) is 29.4 Å². The molecule has 2 N–H and O–H groups in total. The van der Waals surface area contributed by atoms with Crippen LogP contribution in [-0.2, 0) is 16.4 Å². The van der Waals surface area contributed by atoms with Crippen molar-refractivity contribution in [3.63, 3.8) is 0 Å². The van der Waals surface area contributed by atoms with Crippen LogP contribution in [0.1, 0.15) is 35.8 Å². The Labute approximate surface area is 140 Å². The average molecular weight is 334 g/mol. The van der Waals surface area contributed by atoms with Crippen molar-refractivity contribution in [2.24, 2.45) is 0 Å². The Hall–Kier alpha value is -1.89. The number of thiophene rings is 1. The summed E-state index contributed by atoms with van der Waals surface area (Å²) in [5, 5.41) is 6.49. The largest absolute Gasteiger partial charge is 0.324 e. The highest BCUT2D eigenvalue weighted by molar-refractivity contribution is 7.16. The lowest BCUT2D eigenvalue weighted by atomic mass is 10.1. The summed E-state index contributed by atoms with van der Waals surface area (Å²) in [6.07, 6.45) is 0. The molecule has 1 aromatic heterocycles. The monoisotopic (exact) mass is 334 g/mol. The third-order valence-electron chi connectivity index (χ3n) is 3.27. The summed E-state index contributed by atoms with van der Waals surface area (Å²) in [6.45, 7) is 6.52. The fraction of sp³-hybridized carbons (Fsp3) is 0.353. The molecule has 1 heterocycles. The maximum atomic E-state index is 12.2. The quantitative estimate of drug-likeness (QED) is 0.583. The van der Waals surface area contributed by atoms with Crippen LogP contribution in [0.2, 0.25) is 0 Å². The van der Waals surface area contributed by atoms with Gasteiger partial charge in [-0.25, -0.2) is 14.6 Å². The normalized spacial score (nSPS) is 10.8. The molecule has 0 saturated carbocycles. The molecule has 0 aliphatic heterocycles. The molecule has 2 aromatic rings. The Morgan fingerprint density at radius 2 is 1.91 bits per heavy atom. The van der Waals surface area contributed by atoms with E-state index >= 15 is 0 Å². The van der Waals surface area contributed by atoms with E-state index in [1.54, 1.807) is 11.3 Å². The Morgan fingerprint density at radius 1 is 1.22 bits per heavy atom. The van der Waals surface area contributed by atoms with Gasteiger partial charge < -0.3 is 5.32 Å². The van der Waals surface area contributed by atoms with Gasteiger partial charge in [0.15, 0.2) is 0 Å². The number of aryl methyl sites for hydroxylation is 1. The van der Waals surface area contributed by atoms with Crippen LogP contribution in [0.15, 0.2) is 30.3 Å². The summed E-state index contributed by atoms with van der Waals surface area (Å²) >= 11 is 1.55. The first kappa shape index (κ1) is 17.5. The SMILES string of the molecule is COOCc1cc(C(C)C)sc1NC(=O)Nc1ccc(C)cc1. The van der Waals surface area contributed by atoms with Gasteiger partial charge in [-0.1, -0.05) is 31.5 Å². The molecule has 5 nitrogen and oxygen atoms in total. The van der Waals surface area contributed by atoms with Gasteiger partial charge in [0.1, 0.15) is 11.6 Å². The second-order valence-electron chi connectivity index (χ2n) is 5.53. The van der Waals surface area contributed by atoms with E-state index in [1.807, 2.05) is 37.3 Å². The summed E-state index contributed by atoms with van der Waals surface area (Å²) in [4.78, 5) is 23.0. The molecule has 0 spiro atoms. The van der Waals surface area contributed by atoms with Gasteiger partial charge in [-0.3, -0.25) is 5.32 Å². The standard InChI is InChI=1S/C17H22N2O3S/c1-11(2)15-9-13(10-22-21-4)16(23-15)19-17(20)18-14-7-5-12(3)6-8-14/h5-9,11H,10H2,1-4H3,(H2,18,19,20). The van der Waals surface area contributed by atoms with Crippen molar-refractivity contribution in [2.45, 2.75) is 33.3 Å². The number of hydrogen-bond donors (Lipinski definition) is 2. The zero-order valence-corrected chi connectivity index (χ0v) is 14.6. The number of carbonyl (C=O) groups is 1. The van der Waals surface area contributed by atoms with Gasteiger partial charge in [0.25, 0.3) is 0 Å². The van der Waals surface area contributed by atoms with E-state index in [1.165, 1.54) is 12.0 Å². The van der Waals surface area contributed by atoms with Crippen LogP contribution in [0.25, 0.3) is 0 Å². The molecular formula is C17H22N2O3S. The fourth-order valence-electron chi connectivity index (χ4n) is 1.97. The summed E-state index contributed by atoms with van der Waals surface area (Å²) < 4.78 is 0. The van der Waals surface area contributed by atoms with E-state index in [9.17, 15) is 4.79 Å². The maximum absolute atomic E-state index is 12.2. The maximum Gasteiger partial charge on any atom is 0.324 e. The van der Waals surface area contributed by atoms with Crippen molar-refractivity contribution in [2.75, 3.05) is 17.7 Å². The minimum absolute atomic E-state index is 0.273. The van der Waals surface area contributed by atoms with E-state index in [0.29, 0.717) is 12.5 Å². The number of hydrogen-bond acceptors (Lipinski definition) is 4. The Morgan fingerprint density at radius 3 is 2.52 bits per heavy atom. The van der Waals surface area contributed by atoms with Crippen LogP contribution in [0.4, 0.5) is 15.5 Å². The van der Waals surface area contributed by atoms with Crippen molar-refractivity contribution >= 4 is 28.1 Å². The van der Waals surface area contributed by atoms with Crippen molar-refractivity contribution in [3.05, 3.63) is 46.3 Å². The minimum atomic E-state index is -0.273. The van der Waals surface area contributed by atoms with Gasteiger partial charge >= 0.3 is 6.03 Å². The highest BCUT2D eigenvalue weighted by Gasteiger charge is 2.14. The molecule has 6 heteroatoms. The number of anilines is 2. The van der Waals surface area contributed by atoms with Gasteiger partial charge in [0.2, 0.25) is 0 Å². The molecule has 0 aliphatic rings. The first-order chi connectivity index (χ1) is 11.0. The molecule has 0 aliphatic carbocycles. The summed E-state index contributed by atoms with van der Waals surface area (Å²) in [5.74, 6) is 0.386. The number of rotatable bonds is 6. The molecule has 2 amide bonds. The smallest absolute Gasteiger partial charge is 0.308 e. The molecule has 0 saturated heterocycles. The zero-order chi connectivity index (χ0) is 16.8. The number of nitrogens with one attached hydrogen (secondary N) is 2. The van der Waals surface area contributed by atoms with Gasteiger partial charge in [-0.2, -0.15) is 0 Å². The molecule has 0 atom stereocenters. The van der Waals surface area contributed by atoms with E-state index in [-0.39, 0.29) is 6.03 Å². The van der Waals surface area contributed by atoms with Crippen molar-refractivity contribution in [1.82, 2.24) is 0 Å². The predicted octanol–water partition coefficient (Wildman–Crippen LogP) is 4.90. The molecule has 2 rings (SSSR count). The number of urea groups is 1. The summed E-state index contributed by atoms with van der Waals surface area (Å²) in [7, 11) is 1.47. The van der Waals surface area contributed by atoms with Crippen LogP contribution < -0.4 is 10.6 Å². The highest BCUT2D eigenvalue weighted by Crippen LogP contribution is 2.33. The molecule has 0 fully saturated rings. The van der Waals surface area contributed by atoms with Crippen LogP contribution >= 0.6 is 11.3 Å². The minimum Gasteiger partial charge on any atom is -0.308 e. The van der Waals surface area contributed by atoms with Crippen molar-refractivity contribution in [1.29, 1.82) is 0 Å².